The first kappa shape index (κ1) is 7.89. The molecule has 2 unspecified atom stereocenters. The predicted octanol–water partition coefficient (Wildman–Crippen LogP) is 2.66. The third-order valence-electron chi connectivity index (χ3n) is 2.90. The summed E-state index contributed by atoms with van der Waals surface area (Å²) < 4.78 is 5.49. The fourth-order valence-corrected chi connectivity index (χ4v) is 3.69. The average molecular weight is 192 g/mol. The molecule has 13 heavy (non-hydrogen) atoms. The number of thioether (sulfide) groups is 1. The highest BCUT2D eigenvalue weighted by Crippen LogP contribution is 2.48. The molecule has 2 heterocycles. The highest BCUT2D eigenvalue weighted by Gasteiger charge is 2.35. The third kappa shape index (κ3) is 1.20. The molecule has 3 rings (SSSR count). The van der Waals surface area contributed by atoms with Crippen molar-refractivity contribution in [3.8, 4) is 0 Å². The summed E-state index contributed by atoms with van der Waals surface area (Å²) in [7, 11) is 0. The van der Waals surface area contributed by atoms with Gasteiger partial charge in [0.25, 0.3) is 0 Å². The Morgan fingerprint density at radius 1 is 1.31 bits per heavy atom. The number of hydrogen-bond acceptors (Lipinski definition) is 2. The predicted molar refractivity (Wildman–Crippen MR) is 54.3 cm³/mol. The second kappa shape index (κ2) is 3.03. The van der Waals surface area contributed by atoms with Gasteiger partial charge in [0.2, 0.25) is 0 Å². The molecule has 0 radical (unpaired) electrons. The third-order valence-corrected chi connectivity index (χ3v) is 4.29. The summed E-state index contributed by atoms with van der Waals surface area (Å²) in [5, 5.41) is 0.686. The number of rotatable bonds is 0. The lowest BCUT2D eigenvalue weighted by atomic mass is 9.92. The van der Waals surface area contributed by atoms with Gasteiger partial charge >= 0.3 is 0 Å². The molecule has 1 aromatic carbocycles. The monoisotopic (exact) mass is 192 g/mol. The molecule has 1 nitrogen and oxygen atoms in total. The number of benzene rings is 1. The van der Waals surface area contributed by atoms with Crippen molar-refractivity contribution in [2.45, 2.75) is 22.5 Å². The topological polar surface area (TPSA) is 9.23 Å². The van der Waals surface area contributed by atoms with Gasteiger partial charge in [-0.05, 0) is 18.1 Å². The molecule has 0 spiro atoms. The number of hydrogen-bond donors (Lipinski definition) is 0. The van der Waals surface area contributed by atoms with Crippen LogP contribution in [0.5, 0.6) is 0 Å². The van der Waals surface area contributed by atoms with Gasteiger partial charge in [-0.1, -0.05) is 18.2 Å². The van der Waals surface area contributed by atoms with Crippen molar-refractivity contribution in [1.82, 2.24) is 0 Å². The van der Waals surface area contributed by atoms with Crippen LogP contribution < -0.4 is 0 Å². The van der Waals surface area contributed by atoms with E-state index in [2.05, 4.69) is 24.3 Å². The second-order valence-corrected chi connectivity index (χ2v) is 4.95. The number of fused-ring (bicyclic) bond motifs is 3. The van der Waals surface area contributed by atoms with Crippen molar-refractivity contribution in [3.63, 3.8) is 0 Å². The van der Waals surface area contributed by atoms with E-state index in [0.29, 0.717) is 5.25 Å². The van der Waals surface area contributed by atoms with Crippen LogP contribution in [0.3, 0.4) is 0 Å². The van der Waals surface area contributed by atoms with E-state index in [0.717, 1.165) is 19.1 Å². The van der Waals surface area contributed by atoms with Crippen LogP contribution >= 0.6 is 11.8 Å². The minimum atomic E-state index is 0.686. The molecule has 1 saturated heterocycles. The lowest BCUT2D eigenvalue weighted by molar-refractivity contribution is 0.0917. The lowest BCUT2D eigenvalue weighted by Crippen LogP contribution is -2.24. The first-order chi connectivity index (χ1) is 6.45. The highest BCUT2D eigenvalue weighted by molar-refractivity contribution is 8.00. The van der Waals surface area contributed by atoms with Crippen molar-refractivity contribution < 1.29 is 4.74 Å². The van der Waals surface area contributed by atoms with Gasteiger partial charge in [0.15, 0.2) is 0 Å². The zero-order chi connectivity index (χ0) is 8.67. The molecule has 0 aliphatic carbocycles. The maximum Gasteiger partial charge on any atom is 0.0594 e. The van der Waals surface area contributed by atoms with Gasteiger partial charge in [-0.3, -0.25) is 0 Å². The van der Waals surface area contributed by atoms with Gasteiger partial charge in [0.1, 0.15) is 0 Å². The Kier molecular flexibility index (Phi) is 1.84. The van der Waals surface area contributed by atoms with E-state index in [1.807, 2.05) is 11.8 Å². The smallest absolute Gasteiger partial charge is 0.0594 e. The lowest BCUT2D eigenvalue weighted by Gasteiger charge is -2.24. The van der Waals surface area contributed by atoms with E-state index in [1.165, 1.54) is 11.3 Å². The molecule has 2 heteroatoms. The van der Waals surface area contributed by atoms with Crippen LogP contribution in [0.2, 0.25) is 0 Å². The van der Waals surface area contributed by atoms with E-state index < -0.39 is 0 Å². The van der Waals surface area contributed by atoms with E-state index in [1.54, 1.807) is 5.56 Å². The van der Waals surface area contributed by atoms with Gasteiger partial charge < -0.3 is 4.74 Å². The van der Waals surface area contributed by atoms with Crippen LogP contribution in [0.4, 0.5) is 0 Å². The molecule has 0 N–H and O–H groups in total. The normalized spacial score (nSPS) is 31.1. The van der Waals surface area contributed by atoms with Crippen molar-refractivity contribution in [2.24, 2.45) is 0 Å². The van der Waals surface area contributed by atoms with Crippen molar-refractivity contribution >= 4 is 11.8 Å². The van der Waals surface area contributed by atoms with Gasteiger partial charge in [-0.2, -0.15) is 0 Å². The summed E-state index contributed by atoms with van der Waals surface area (Å²) in [6, 6.07) is 8.79. The molecular formula is C11H12OS. The first-order valence-electron chi connectivity index (χ1n) is 4.78. The summed E-state index contributed by atoms with van der Waals surface area (Å²) in [6.07, 6.45) is 1.20. The number of ether oxygens (including phenoxy) is 1. The largest absolute Gasteiger partial charge is 0.380 e. The van der Waals surface area contributed by atoms with Gasteiger partial charge in [-0.25, -0.2) is 0 Å². The minimum Gasteiger partial charge on any atom is -0.380 e. The zero-order valence-corrected chi connectivity index (χ0v) is 8.22. The van der Waals surface area contributed by atoms with Crippen LogP contribution in [-0.2, 0) is 4.74 Å². The van der Waals surface area contributed by atoms with Gasteiger partial charge in [-0.15, -0.1) is 11.8 Å². The van der Waals surface area contributed by atoms with Crippen molar-refractivity contribution in [2.75, 3.05) is 13.2 Å². The summed E-state index contributed by atoms with van der Waals surface area (Å²) in [5.74, 6) is 0.759. The molecule has 1 aromatic rings. The molecule has 0 aromatic heterocycles. The standard InChI is InChI=1S/C11H12OS/c1-2-4-10-8(3-1)9-5-6-12-7-11(9)13-10/h1-4,9,11H,5-7H2. The molecule has 0 saturated carbocycles. The van der Waals surface area contributed by atoms with Gasteiger partial charge in [0, 0.05) is 22.7 Å². The Labute approximate surface area is 82.5 Å². The van der Waals surface area contributed by atoms with Crippen molar-refractivity contribution in [3.05, 3.63) is 29.8 Å². The molecule has 2 atom stereocenters. The molecule has 0 amide bonds. The Balaban J connectivity index is 2.01. The summed E-state index contributed by atoms with van der Waals surface area (Å²) in [5.41, 5.74) is 1.56. The zero-order valence-electron chi connectivity index (χ0n) is 7.40. The Hall–Kier alpha value is -0.470. The van der Waals surface area contributed by atoms with E-state index in [9.17, 15) is 0 Å². The van der Waals surface area contributed by atoms with E-state index in [-0.39, 0.29) is 0 Å². The highest BCUT2D eigenvalue weighted by atomic mass is 32.2. The summed E-state index contributed by atoms with van der Waals surface area (Å²) >= 11 is 2.00. The molecule has 2 aliphatic heterocycles. The SMILES string of the molecule is c1ccc2c(c1)SC1COCCC21. The fourth-order valence-electron chi connectivity index (χ4n) is 2.24. The first-order valence-corrected chi connectivity index (χ1v) is 5.66. The van der Waals surface area contributed by atoms with Gasteiger partial charge in [0.05, 0.1) is 6.61 Å². The maximum atomic E-state index is 5.49. The molecule has 0 bridgehead atoms. The molecule has 1 fully saturated rings. The average Bonchev–Trinajstić information content (AvgIpc) is 2.56. The quantitative estimate of drug-likeness (QED) is 0.625. The summed E-state index contributed by atoms with van der Waals surface area (Å²) in [4.78, 5) is 1.48. The Morgan fingerprint density at radius 2 is 2.23 bits per heavy atom. The van der Waals surface area contributed by atoms with Crippen LogP contribution in [0.1, 0.15) is 17.9 Å². The minimum absolute atomic E-state index is 0.686. The molecule has 2 aliphatic rings. The van der Waals surface area contributed by atoms with Crippen LogP contribution in [0, 0.1) is 0 Å². The van der Waals surface area contributed by atoms with Crippen molar-refractivity contribution in [1.29, 1.82) is 0 Å². The molecular weight excluding hydrogens is 180 g/mol. The second-order valence-electron chi connectivity index (χ2n) is 3.66. The van der Waals surface area contributed by atoms with Crippen LogP contribution in [0.25, 0.3) is 0 Å². The maximum absolute atomic E-state index is 5.49. The van der Waals surface area contributed by atoms with Crippen LogP contribution in [0.15, 0.2) is 29.2 Å². The molecule has 68 valence electrons. The Bertz CT molecular complexity index is 324. The van der Waals surface area contributed by atoms with E-state index in [4.69, 9.17) is 4.74 Å². The Morgan fingerprint density at radius 3 is 3.23 bits per heavy atom. The summed E-state index contributed by atoms with van der Waals surface area (Å²) in [6.45, 7) is 1.88. The fraction of sp³-hybridized carbons (Fsp3) is 0.455. The van der Waals surface area contributed by atoms with Crippen LogP contribution in [-0.4, -0.2) is 18.5 Å². The van der Waals surface area contributed by atoms with E-state index >= 15 is 0 Å².